The van der Waals surface area contributed by atoms with E-state index in [4.69, 9.17) is 4.74 Å². The van der Waals surface area contributed by atoms with Gasteiger partial charge in [-0.05, 0) is 24.3 Å². The molecule has 0 spiro atoms. The molecule has 1 aliphatic rings. The molecule has 1 aliphatic heterocycles. The molecule has 2 aromatic heterocycles. The Kier molecular flexibility index (Phi) is 8.49. The number of rotatable bonds is 9. The number of ether oxygens (including phenoxy) is 1. The number of anilines is 2. The summed E-state index contributed by atoms with van der Waals surface area (Å²) in [4.78, 5) is 12.5. The molecule has 3 heterocycles. The van der Waals surface area contributed by atoms with Crippen LogP contribution < -0.4 is 20.1 Å². The van der Waals surface area contributed by atoms with Gasteiger partial charge in [-0.3, -0.25) is 4.72 Å². The zero-order valence-corrected chi connectivity index (χ0v) is 22.4. The number of nitrogens with one attached hydrogen (secondary N) is 3. The zero-order chi connectivity index (χ0) is 29.9. The average molecular weight is 607 g/mol. The lowest BCUT2D eigenvalue weighted by molar-refractivity contribution is 0.254. The molecule has 9 nitrogen and oxygen atoms in total. The van der Waals surface area contributed by atoms with Crippen molar-refractivity contribution in [1.29, 1.82) is 0 Å². The molecule has 4 aromatic rings. The highest BCUT2D eigenvalue weighted by molar-refractivity contribution is 7.91. The fourth-order valence-corrected chi connectivity index (χ4v) is 5.50. The third-order valence-electron chi connectivity index (χ3n) is 6.23. The lowest BCUT2D eigenvalue weighted by atomic mass is 10.1. The van der Waals surface area contributed by atoms with E-state index in [1.807, 2.05) is 0 Å². The summed E-state index contributed by atoms with van der Waals surface area (Å²) in [5, 5.41) is 5.99. The minimum atomic E-state index is -4.54. The van der Waals surface area contributed by atoms with Crippen molar-refractivity contribution >= 4 is 21.7 Å². The van der Waals surface area contributed by atoms with Crippen molar-refractivity contribution in [2.75, 3.05) is 23.1 Å². The van der Waals surface area contributed by atoms with Gasteiger partial charge in [0.2, 0.25) is 27.7 Å². The summed E-state index contributed by atoms with van der Waals surface area (Å²) >= 11 is 0. The van der Waals surface area contributed by atoms with Gasteiger partial charge in [-0.1, -0.05) is 18.2 Å². The second kappa shape index (κ2) is 12.2. The molecule has 1 saturated heterocycles. The van der Waals surface area contributed by atoms with Gasteiger partial charge in [-0.2, -0.15) is 4.39 Å². The highest BCUT2D eigenvalue weighted by Crippen LogP contribution is 2.36. The van der Waals surface area contributed by atoms with Crippen LogP contribution in [0.2, 0.25) is 0 Å². The molecule has 0 bridgehead atoms. The number of sulfonamides is 1. The molecule has 0 aliphatic carbocycles. The Morgan fingerprint density at radius 2 is 1.76 bits per heavy atom. The first-order valence-corrected chi connectivity index (χ1v) is 14.2. The predicted molar refractivity (Wildman–Crippen MR) is 144 cm³/mol. The number of hydrogen-bond acceptors (Lipinski definition) is 8. The standard InChI is InChI=1S/C27H23F5N6O3S/c28-16-10-17(13-33-12-16)36-27-35-9-7-21(37-27)18-5-3-8-34-26(18)41-22-11-20(30)25(24(32)23(22)31)38-42(39,40)14-15-4-1-2-6-19(15)29/h1-9,11,16-17,33,38H,10,12-14H2,(H,35,36,37)/t16-,17?/m0/s1. The molecule has 0 amide bonds. The third kappa shape index (κ3) is 6.74. The highest BCUT2D eigenvalue weighted by Gasteiger charge is 2.26. The number of aromatic nitrogens is 3. The van der Waals surface area contributed by atoms with Crippen molar-refractivity contribution in [2.24, 2.45) is 0 Å². The van der Waals surface area contributed by atoms with E-state index >= 15 is 4.39 Å². The maximum absolute atomic E-state index is 15.0. The molecule has 1 fully saturated rings. The second-order valence-corrected chi connectivity index (χ2v) is 11.1. The monoisotopic (exact) mass is 606 g/mol. The Bertz CT molecular complexity index is 1710. The van der Waals surface area contributed by atoms with Gasteiger partial charge >= 0.3 is 0 Å². The molecular weight excluding hydrogens is 583 g/mol. The summed E-state index contributed by atoms with van der Waals surface area (Å²) in [6, 6.07) is 9.68. The fourth-order valence-electron chi connectivity index (χ4n) is 4.28. The number of alkyl halides is 1. The Hall–Kier alpha value is -4.37. The Morgan fingerprint density at radius 3 is 2.55 bits per heavy atom. The first-order valence-electron chi connectivity index (χ1n) is 12.6. The molecular formula is C27H23F5N6O3S. The Morgan fingerprint density at radius 1 is 0.952 bits per heavy atom. The Balaban J connectivity index is 1.38. The van der Waals surface area contributed by atoms with Gasteiger partial charge in [0.1, 0.15) is 17.7 Å². The minimum Gasteiger partial charge on any atom is -0.435 e. The first-order chi connectivity index (χ1) is 20.1. The number of halogens is 5. The van der Waals surface area contributed by atoms with Crippen LogP contribution in [-0.2, 0) is 15.8 Å². The van der Waals surface area contributed by atoms with Crippen LogP contribution in [-0.4, -0.2) is 48.7 Å². The topological polar surface area (TPSA) is 118 Å². The molecule has 15 heteroatoms. The van der Waals surface area contributed by atoms with E-state index in [1.54, 1.807) is 4.72 Å². The van der Waals surface area contributed by atoms with Crippen LogP contribution >= 0.6 is 0 Å². The van der Waals surface area contributed by atoms with Gasteiger partial charge in [0.15, 0.2) is 17.4 Å². The van der Waals surface area contributed by atoms with Gasteiger partial charge in [-0.25, -0.2) is 40.9 Å². The quantitative estimate of drug-likeness (QED) is 0.181. The van der Waals surface area contributed by atoms with Crippen LogP contribution in [0.15, 0.2) is 60.9 Å². The van der Waals surface area contributed by atoms with Crippen molar-refractivity contribution in [3.05, 3.63) is 89.8 Å². The van der Waals surface area contributed by atoms with Crippen LogP contribution in [0.5, 0.6) is 11.6 Å². The number of piperidine rings is 1. The van der Waals surface area contributed by atoms with Crippen LogP contribution in [0.25, 0.3) is 11.3 Å². The van der Waals surface area contributed by atoms with Gasteiger partial charge in [0.25, 0.3) is 0 Å². The normalized spacial score (nSPS) is 17.1. The lowest BCUT2D eigenvalue weighted by Crippen LogP contribution is -2.44. The van der Waals surface area contributed by atoms with Crippen LogP contribution in [0, 0.1) is 23.3 Å². The first kappa shape index (κ1) is 29.1. The van der Waals surface area contributed by atoms with Crippen molar-refractivity contribution < 1.29 is 35.1 Å². The molecule has 42 heavy (non-hydrogen) atoms. The molecule has 5 rings (SSSR count). The van der Waals surface area contributed by atoms with Crippen LogP contribution in [0.4, 0.5) is 33.6 Å². The van der Waals surface area contributed by atoms with Crippen molar-refractivity contribution in [2.45, 2.75) is 24.4 Å². The molecule has 3 N–H and O–H groups in total. The number of pyridine rings is 1. The van der Waals surface area contributed by atoms with E-state index in [1.165, 1.54) is 48.8 Å². The van der Waals surface area contributed by atoms with Crippen molar-refractivity contribution in [1.82, 2.24) is 20.3 Å². The van der Waals surface area contributed by atoms with E-state index < -0.39 is 56.7 Å². The molecule has 220 valence electrons. The molecule has 0 radical (unpaired) electrons. The maximum Gasteiger partial charge on any atom is 0.237 e. The van der Waals surface area contributed by atoms with Gasteiger partial charge in [0.05, 0.1) is 17.0 Å². The summed E-state index contributed by atoms with van der Waals surface area (Å²) in [6.45, 7) is 0.759. The largest absolute Gasteiger partial charge is 0.435 e. The van der Waals surface area contributed by atoms with Crippen molar-refractivity contribution in [3.63, 3.8) is 0 Å². The van der Waals surface area contributed by atoms with E-state index in [2.05, 4.69) is 25.6 Å². The molecule has 2 aromatic carbocycles. The summed E-state index contributed by atoms with van der Waals surface area (Å²) < 4.78 is 104. The highest BCUT2D eigenvalue weighted by atomic mass is 32.2. The zero-order valence-electron chi connectivity index (χ0n) is 21.6. The maximum atomic E-state index is 15.0. The molecule has 2 atom stereocenters. The van der Waals surface area contributed by atoms with Crippen LogP contribution in [0.1, 0.15) is 12.0 Å². The summed E-state index contributed by atoms with van der Waals surface area (Å²) in [5.74, 6) is -7.86. The van der Waals surface area contributed by atoms with Gasteiger partial charge in [-0.15, -0.1) is 0 Å². The number of nitrogens with zero attached hydrogens (tertiary/aromatic N) is 3. The van der Waals surface area contributed by atoms with E-state index in [0.717, 1.165) is 6.07 Å². The van der Waals surface area contributed by atoms with Gasteiger partial charge < -0.3 is 15.4 Å². The fraction of sp³-hybridized carbons (Fsp3) is 0.222. The van der Waals surface area contributed by atoms with Crippen LogP contribution in [0.3, 0.4) is 0 Å². The minimum absolute atomic E-state index is 0.179. The van der Waals surface area contributed by atoms with E-state index in [-0.39, 0.29) is 47.7 Å². The lowest BCUT2D eigenvalue weighted by Gasteiger charge is -2.26. The SMILES string of the molecule is O=S(=O)(Cc1ccccc1F)Nc1c(F)cc(Oc2ncccc2-c2ccnc(NC3CNC[C@@H](F)C3)n2)c(F)c1F. The third-order valence-corrected chi connectivity index (χ3v) is 7.43. The van der Waals surface area contributed by atoms with Crippen molar-refractivity contribution in [3.8, 4) is 22.9 Å². The number of benzene rings is 2. The molecule has 1 unspecified atom stereocenters. The smallest absolute Gasteiger partial charge is 0.237 e. The van der Waals surface area contributed by atoms with Gasteiger partial charge in [0, 0.05) is 49.6 Å². The van der Waals surface area contributed by atoms with E-state index in [9.17, 15) is 26.0 Å². The predicted octanol–water partition coefficient (Wildman–Crippen LogP) is 4.94. The second-order valence-electron chi connectivity index (χ2n) is 9.37. The molecule has 0 saturated carbocycles. The average Bonchev–Trinajstić information content (AvgIpc) is 2.95. The Labute approximate surface area is 237 Å². The number of hydrogen-bond donors (Lipinski definition) is 3. The van der Waals surface area contributed by atoms with E-state index in [0.29, 0.717) is 12.6 Å². The summed E-state index contributed by atoms with van der Waals surface area (Å²) in [7, 11) is -4.54. The summed E-state index contributed by atoms with van der Waals surface area (Å²) in [6.07, 6.45) is 1.95. The summed E-state index contributed by atoms with van der Waals surface area (Å²) in [5.41, 5.74) is -1.08.